The summed E-state index contributed by atoms with van der Waals surface area (Å²) in [4.78, 5) is 19.7. The molecule has 0 aliphatic carbocycles. The third-order valence-corrected chi connectivity index (χ3v) is 2.20. The second-order valence-corrected chi connectivity index (χ2v) is 3.86. The van der Waals surface area contributed by atoms with Gasteiger partial charge in [-0.2, -0.15) is 5.10 Å². The highest BCUT2D eigenvalue weighted by molar-refractivity contribution is 5.93. The van der Waals surface area contributed by atoms with Gasteiger partial charge >= 0.3 is 0 Å². The maximum Gasteiger partial charge on any atom is 0.227 e. The smallest absolute Gasteiger partial charge is 0.227 e. The van der Waals surface area contributed by atoms with Gasteiger partial charge in [-0.1, -0.05) is 13.8 Å². The van der Waals surface area contributed by atoms with E-state index in [9.17, 15) is 4.79 Å². The molecule has 0 radical (unpaired) electrons. The Morgan fingerprint density at radius 1 is 1.47 bits per heavy atom. The van der Waals surface area contributed by atoms with Crippen molar-refractivity contribution < 1.29 is 4.79 Å². The fourth-order valence-electron chi connectivity index (χ4n) is 1.27. The lowest BCUT2D eigenvalue weighted by Gasteiger charge is -2.10. The molecule has 2 aromatic rings. The van der Waals surface area contributed by atoms with E-state index in [1.54, 1.807) is 18.3 Å². The van der Waals surface area contributed by atoms with Crippen molar-refractivity contribution in [3.8, 4) is 5.82 Å². The summed E-state index contributed by atoms with van der Waals surface area (Å²) in [6.45, 7) is 3.67. The molecular formula is C11H13N5O. The van der Waals surface area contributed by atoms with E-state index in [4.69, 9.17) is 0 Å². The number of carbonyl (C=O) groups excluding carboxylic acids is 1. The fraction of sp³-hybridized carbons (Fsp3) is 0.273. The van der Waals surface area contributed by atoms with Crippen LogP contribution in [0.1, 0.15) is 13.8 Å². The first-order valence-electron chi connectivity index (χ1n) is 5.29. The van der Waals surface area contributed by atoms with Crippen molar-refractivity contribution in [3.63, 3.8) is 0 Å². The molecule has 1 amide bonds. The maximum atomic E-state index is 11.6. The topological polar surface area (TPSA) is 72.7 Å². The molecule has 1 N–H and O–H groups in total. The molecule has 17 heavy (non-hydrogen) atoms. The lowest BCUT2D eigenvalue weighted by atomic mass is 10.2. The molecule has 2 heterocycles. The predicted octanol–water partition coefficient (Wildman–Crippen LogP) is 1.26. The molecule has 0 bridgehead atoms. The molecule has 0 aromatic carbocycles. The minimum absolute atomic E-state index is 0.0561. The average molecular weight is 231 g/mol. The summed E-state index contributed by atoms with van der Waals surface area (Å²) >= 11 is 0. The van der Waals surface area contributed by atoms with Gasteiger partial charge in [0.05, 0.1) is 5.69 Å². The Hall–Kier alpha value is -2.24. The van der Waals surface area contributed by atoms with Crippen LogP contribution < -0.4 is 5.32 Å². The van der Waals surface area contributed by atoms with Gasteiger partial charge in [0.2, 0.25) is 5.91 Å². The van der Waals surface area contributed by atoms with Crippen molar-refractivity contribution in [2.75, 3.05) is 5.32 Å². The van der Waals surface area contributed by atoms with Crippen LogP contribution in [0.5, 0.6) is 0 Å². The molecule has 0 spiro atoms. The number of aromatic nitrogens is 4. The highest BCUT2D eigenvalue weighted by atomic mass is 16.1. The number of rotatable bonds is 3. The second-order valence-electron chi connectivity index (χ2n) is 3.86. The van der Waals surface area contributed by atoms with Crippen LogP contribution in [-0.2, 0) is 4.79 Å². The minimum Gasteiger partial charge on any atom is -0.323 e. The molecule has 6 heteroatoms. The third-order valence-electron chi connectivity index (χ3n) is 2.20. The number of pyridine rings is 1. The predicted molar refractivity (Wildman–Crippen MR) is 62.6 cm³/mol. The largest absolute Gasteiger partial charge is 0.323 e. The molecule has 0 fully saturated rings. The number of nitrogens with zero attached hydrogens (tertiary/aromatic N) is 4. The number of hydrogen-bond acceptors (Lipinski definition) is 4. The van der Waals surface area contributed by atoms with Gasteiger partial charge in [0.1, 0.15) is 12.7 Å². The summed E-state index contributed by atoms with van der Waals surface area (Å²) in [5.41, 5.74) is 0.622. The van der Waals surface area contributed by atoms with Crippen molar-refractivity contribution in [3.05, 3.63) is 31.0 Å². The van der Waals surface area contributed by atoms with Crippen LogP contribution in [0, 0.1) is 5.92 Å². The van der Waals surface area contributed by atoms with E-state index in [1.807, 2.05) is 13.8 Å². The van der Waals surface area contributed by atoms with Crippen LogP contribution in [0.2, 0.25) is 0 Å². The number of nitrogens with one attached hydrogen (secondary N) is 1. The standard InChI is InChI=1S/C11H13N5O/c1-8(2)11(17)15-9-4-3-5-13-10(9)16-7-12-6-14-16/h3-8H,1-2H3,(H,15,17). The molecule has 0 aliphatic heterocycles. The van der Waals surface area contributed by atoms with Crippen LogP contribution in [0.25, 0.3) is 5.82 Å². The van der Waals surface area contributed by atoms with Crippen molar-refractivity contribution in [1.29, 1.82) is 0 Å². The van der Waals surface area contributed by atoms with Gasteiger partial charge in [-0.15, -0.1) is 0 Å². The zero-order valence-electron chi connectivity index (χ0n) is 9.66. The quantitative estimate of drug-likeness (QED) is 0.863. The van der Waals surface area contributed by atoms with Crippen LogP contribution in [0.4, 0.5) is 5.69 Å². The second kappa shape index (κ2) is 4.73. The Balaban J connectivity index is 2.32. The Bertz CT molecular complexity index is 506. The van der Waals surface area contributed by atoms with Gasteiger partial charge < -0.3 is 5.32 Å². The van der Waals surface area contributed by atoms with Crippen LogP contribution in [-0.4, -0.2) is 25.7 Å². The van der Waals surface area contributed by atoms with Crippen LogP contribution in [0.15, 0.2) is 31.0 Å². The summed E-state index contributed by atoms with van der Waals surface area (Å²) in [6, 6.07) is 3.54. The monoisotopic (exact) mass is 231 g/mol. The van der Waals surface area contributed by atoms with E-state index in [-0.39, 0.29) is 11.8 Å². The molecule has 6 nitrogen and oxygen atoms in total. The molecule has 0 saturated carbocycles. The Morgan fingerprint density at radius 2 is 2.29 bits per heavy atom. The van der Waals surface area contributed by atoms with E-state index in [0.29, 0.717) is 11.5 Å². The average Bonchev–Trinajstić information content (AvgIpc) is 2.83. The molecule has 0 atom stereocenters. The maximum absolute atomic E-state index is 11.6. The van der Waals surface area contributed by atoms with E-state index < -0.39 is 0 Å². The minimum atomic E-state index is -0.0844. The van der Waals surface area contributed by atoms with Crippen molar-refractivity contribution in [2.45, 2.75) is 13.8 Å². The van der Waals surface area contributed by atoms with E-state index in [0.717, 1.165) is 0 Å². The Labute approximate surface area is 98.7 Å². The molecule has 0 unspecified atom stereocenters. The van der Waals surface area contributed by atoms with Crippen LogP contribution in [0.3, 0.4) is 0 Å². The lowest BCUT2D eigenvalue weighted by molar-refractivity contribution is -0.118. The first kappa shape index (κ1) is 11.3. The summed E-state index contributed by atoms with van der Waals surface area (Å²) in [6.07, 6.45) is 4.60. The number of hydrogen-bond donors (Lipinski definition) is 1. The fourth-order valence-corrected chi connectivity index (χ4v) is 1.27. The number of anilines is 1. The van der Waals surface area contributed by atoms with Gasteiger partial charge in [-0.05, 0) is 12.1 Å². The molecule has 0 aliphatic rings. The molecular weight excluding hydrogens is 218 g/mol. The third kappa shape index (κ3) is 2.47. The summed E-state index contributed by atoms with van der Waals surface area (Å²) < 4.78 is 1.51. The number of amides is 1. The summed E-state index contributed by atoms with van der Waals surface area (Å²) in [7, 11) is 0. The zero-order chi connectivity index (χ0) is 12.3. The molecule has 0 saturated heterocycles. The Morgan fingerprint density at radius 3 is 2.94 bits per heavy atom. The first-order valence-corrected chi connectivity index (χ1v) is 5.29. The van der Waals surface area contributed by atoms with Gasteiger partial charge in [0, 0.05) is 12.1 Å². The van der Waals surface area contributed by atoms with Gasteiger partial charge in [-0.25, -0.2) is 14.6 Å². The van der Waals surface area contributed by atoms with Gasteiger partial charge in [0.15, 0.2) is 5.82 Å². The Kier molecular flexibility index (Phi) is 3.13. The van der Waals surface area contributed by atoms with E-state index >= 15 is 0 Å². The molecule has 88 valence electrons. The molecule has 2 aromatic heterocycles. The normalized spacial score (nSPS) is 10.5. The SMILES string of the molecule is CC(C)C(=O)Nc1cccnc1-n1cncn1. The van der Waals surface area contributed by atoms with E-state index in [2.05, 4.69) is 20.4 Å². The van der Waals surface area contributed by atoms with Crippen molar-refractivity contribution in [1.82, 2.24) is 19.7 Å². The number of carbonyl (C=O) groups is 1. The highest BCUT2D eigenvalue weighted by Gasteiger charge is 2.11. The first-order chi connectivity index (χ1) is 8.18. The van der Waals surface area contributed by atoms with E-state index in [1.165, 1.54) is 17.3 Å². The summed E-state index contributed by atoms with van der Waals surface area (Å²) in [5, 5.41) is 6.80. The summed E-state index contributed by atoms with van der Waals surface area (Å²) in [5.74, 6) is 0.414. The van der Waals surface area contributed by atoms with Gasteiger partial charge in [0.25, 0.3) is 0 Å². The van der Waals surface area contributed by atoms with Gasteiger partial charge in [-0.3, -0.25) is 4.79 Å². The molecule has 2 rings (SSSR count). The lowest BCUT2D eigenvalue weighted by Crippen LogP contribution is -2.19. The van der Waals surface area contributed by atoms with Crippen molar-refractivity contribution >= 4 is 11.6 Å². The van der Waals surface area contributed by atoms with Crippen molar-refractivity contribution in [2.24, 2.45) is 5.92 Å². The van der Waals surface area contributed by atoms with Crippen LogP contribution >= 0.6 is 0 Å². The zero-order valence-corrected chi connectivity index (χ0v) is 9.66. The highest BCUT2D eigenvalue weighted by Crippen LogP contribution is 2.16.